The highest BCUT2D eigenvalue weighted by Crippen LogP contribution is 2.43. The molecule has 3 nitrogen and oxygen atoms in total. The van der Waals surface area contributed by atoms with Crippen LogP contribution in [0.4, 0.5) is 0 Å². The Hall–Kier alpha value is -1.51. The van der Waals surface area contributed by atoms with Crippen LogP contribution in [0.3, 0.4) is 0 Å². The number of rotatable bonds is 31. The van der Waals surface area contributed by atoms with Crippen molar-refractivity contribution in [2.24, 2.45) is 0 Å². The van der Waals surface area contributed by atoms with E-state index in [9.17, 15) is 9.90 Å². The highest BCUT2D eigenvalue weighted by Gasteiger charge is 2.32. The number of benzene rings is 1. The maximum atomic E-state index is 13.7. The van der Waals surface area contributed by atoms with E-state index in [2.05, 4.69) is 55.4 Å². The van der Waals surface area contributed by atoms with Crippen LogP contribution in [0.2, 0.25) is 0 Å². The lowest BCUT2D eigenvalue weighted by Gasteiger charge is -2.31. The van der Waals surface area contributed by atoms with Crippen molar-refractivity contribution in [3.05, 3.63) is 28.3 Å². The van der Waals surface area contributed by atoms with Crippen LogP contribution in [0.25, 0.3) is 0 Å². The third kappa shape index (κ3) is 21.1. The van der Waals surface area contributed by atoms with Gasteiger partial charge in [-0.1, -0.05) is 222 Å². The van der Waals surface area contributed by atoms with Crippen molar-refractivity contribution in [1.82, 2.24) is 0 Å². The maximum Gasteiger partial charge on any atom is 0.338 e. The first kappa shape index (κ1) is 46.5. The molecule has 50 heavy (non-hydrogen) atoms. The number of hydrogen-bond donors (Lipinski definition) is 1. The number of ether oxygens (including phenoxy) is 1. The predicted molar refractivity (Wildman–Crippen MR) is 220 cm³/mol. The van der Waals surface area contributed by atoms with Crippen LogP contribution in [0.15, 0.2) is 6.07 Å². The lowest BCUT2D eigenvalue weighted by atomic mass is 9.74. The Balaban J connectivity index is 2.58. The van der Waals surface area contributed by atoms with E-state index in [1.807, 2.05) is 6.07 Å². The highest BCUT2D eigenvalue weighted by molar-refractivity contribution is 5.92. The summed E-state index contributed by atoms with van der Waals surface area (Å²) >= 11 is 0. The first-order chi connectivity index (χ1) is 23.9. The molecule has 0 spiro atoms. The van der Waals surface area contributed by atoms with Gasteiger partial charge in [0.2, 0.25) is 0 Å². The Morgan fingerprint density at radius 2 is 0.860 bits per heavy atom. The van der Waals surface area contributed by atoms with E-state index in [4.69, 9.17) is 4.74 Å². The molecule has 3 heteroatoms. The Morgan fingerprint density at radius 1 is 0.520 bits per heavy atom. The summed E-state index contributed by atoms with van der Waals surface area (Å²) in [5, 5.41) is 11.6. The Labute approximate surface area is 312 Å². The molecule has 0 radical (unpaired) electrons. The molecule has 0 atom stereocenters. The number of phenolic OH excluding ortho intramolecular Hbond substituents is 1. The third-order valence-electron chi connectivity index (χ3n) is 10.7. The third-order valence-corrected chi connectivity index (χ3v) is 10.7. The van der Waals surface area contributed by atoms with Gasteiger partial charge in [-0.05, 0) is 41.7 Å². The zero-order valence-corrected chi connectivity index (χ0v) is 35.1. The van der Waals surface area contributed by atoms with Crippen molar-refractivity contribution in [3.8, 4) is 5.75 Å². The molecule has 292 valence electrons. The van der Waals surface area contributed by atoms with Crippen molar-refractivity contribution in [1.29, 1.82) is 0 Å². The van der Waals surface area contributed by atoms with Crippen LogP contribution in [0, 0.1) is 0 Å². The molecule has 0 saturated heterocycles. The fourth-order valence-corrected chi connectivity index (χ4v) is 7.57. The van der Waals surface area contributed by atoms with Crippen molar-refractivity contribution < 1.29 is 14.6 Å². The average molecular weight is 699 g/mol. The molecule has 0 aromatic heterocycles. The molecule has 0 saturated carbocycles. The standard InChI is InChI=1S/C47H86O3/c1-9-11-13-15-17-19-21-23-25-27-29-31-33-35-37-40-41(39-42(46(3,4)5)44(48)43(40)47(6,7)8)45(49)50-38-36-34-32-30-28-26-24-22-20-18-16-14-12-10-2/h39,48H,9-38H2,1-8H3. The van der Waals surface area contributed by atoms with E-state index in [1.54, 1.807) is 0 Å². The van der Waals surface area contributed by atoms with E-state index >= 15 is 0 Å². The molecule has 1 aromatic rings. The second-order valence-electron chi connectivity index (χ2n) is 17.8. The predicted octanol–water partition coefficient (Wildman–Crippen LogP) is 15.6. The quantitative estimate of drug-likeness (QED) is 0.0620. The molecule has 0 heterocycles. The van der Waals surface area contributed by atoms with Gasteiger partial charge in [-0.3, -0.25) is 0 Å². The zero-order chi connectivity index (χ0) is 37.1. The van der Waals surface area contributed by atoms with E-state index in [0.717, 1.165) is 48.8 Å². The number of carbonyl (C=O) groups is 1. The van der Waals surface area contributed by atoms with Crippen LogP contribution in [-0.2, 0) is 22.0 Å². The van der Waals surface area contributed by atoms with Gasteiger partial charge in [-0.2, -0.15) is 0 Å². The van der Waals surface area contributed by atoms with Gasteiger partial charge in [-0.15, -0.1) is 0 Å². The molecule has 0 bridgehead atoms. The zero-order valence-electron chi connectivity index (χ0n) is 35.1. The van der Waals surface area contributed by atoms with E-state index in [0.29, 0.717) is 17.9 Å². The van der Waals surface area contributed by atoms with E-state index < -0.39 is 0 Å². The van der Waals surface area contributed by atoms with E-state index in [-0.39, 0.29) is 16.8 Å². The first-order valence-corrected chi connectivity index (χ1v) is 22.0. The van der Waals surface area contributed by atoms with Crippen LogP contribution in [0.1, 0.15) is 262 Å². The first-order valence-electron chi connectivity index (χ1n) is 22.0. The van der Waals surface area contributed by atoms with Crippen molar-refractivity contribution in [2.75, 3.05) is 6.61 Å². The van der Waals surface area contributed by atoms with Crippen LogP contribution >= 0.6 is 0 Å². The van der Waals surface area contributed by atoms with Crippen LogP contribution < -0.4 is 0 Å². The smallest absolute Gasteiger partial charge is 0.338 e. The largest absolute Gasteiger partial charge is 0.507 e. The normalized spacial score (nSPS) is 12.2. The number of unbranched alkanes of at least 4 members (excludes halogenated alkanes) is 26. The van der Waals surface area contributed by atoms with Gasteiger partial charge in [-0.25, -0.2) is 4.79 Å². The summed E-state index contributed by atoms with van der Waals surface area (Å²) in [7, 11) is 0. The summed E-state index contributed by atoms with van der Waals surface area (Å²) in [5.74, 6) is 0.157. The van der Waals surface area contributed by atoms with E-state index in [1.165, 1.54) is 154 Å². The summed E-state index contributed by atoms with van der Waals surface area (Å²) in [4.78, 5) is 13.7. The minimum absolute atomic E-state index is 0.212. The molecule has 1 aromatic carbocycles. The second-order valence-corrected chi connectivity index (χ2v) is 17.8. The Morgan fingerprint density at radius 3 is 1.20 bits per heavy atom. The maximum absolute atomic E-state index is 13.7. The minimum atomic E-state index is -0.277. The Kier molecular flexibility index (Phi) is 26.1. The molecule has 1 rings (SSSR count). The van der Waals surface area contributed by atoms with Crippen LogP contribution in [-0.4, -0.2) is 17.7 Å². The van der Waals surface area contributed by atoms with Gasteiger partial charge in [0.25, 0.3) is 0 Å². The van der Waals surface area contributed by atoms with Gasteiger partial charge in [0.1, 0.15) is 5.75 Å². The van der Waals surface area contributed by atoms with Crippen LogP contribution in [0.5, 0.6) is 5.75 Å². The monoisotopic (exact) mass is 699 g/mol. The number of aromatic hydroxyl groups is 1. The molecule has 0 aliphatic carbocycles. The number of phenols is 1. The molecular weight excluding hydrogens is 613 g/mol. The summed E-state index contributed by atoms with van der Waals surface area (Å²) < 4.78 is 5.95. The summed E-state index contributed by atoms with van der Waals surface area (Å²) in [6, 6.07) is 1.96. The molecule has 0 aliphatic heterocycles. The number of hydrogen-bond acceptors (Lipinski definition) is 3. The molecular formula is C47H86O3. The Bertz CT molecular complexity index is 980. The molecule has 0 aliphatic rings. The van der Waals surface area contributed by atoms with Gasteiger partial charge in [0.15, 0.2) is 0 Å². The molecule has 0 amide bonds. The second kappa shape index (κ2) is 28.1. The fourth-order valence-electron chi connectivity index (χ4n) is 7.57. The fraction of sp³-hybridized carbons (Fsp3) is 0.851. The minimum Gasteiger partial charge on any atom is -0.507 e. The average Bonchev–Trinajstić information content (AvgIpc) is 3.05. The number of carbonyl (C=O) groups excluding carboxylic acids is 1. The van der Waals surface area contributed by atoms with Gasteiger partial charge in [0, 0.05) is 11.1 Å². The lowest BCUT2D eigenvalue weighted by Crippen LogP contribution is -2.23. The molecule has 0 unspecified atom stereocenters. The molecule has 0 fully saturated rings. The number of esters is 1. The topological polar surface area (TPSA) is 46.5 Å². The van der Waals surface area contributed by atoms with Gasteiger partial charge < -0.3 is 9.84 Å². The van der Waals surface area contributed by atoms with Gasteiger partial charge >= 0.3 is 5.97 Å². The summed E-state index contributed by atoms with van der Waals surface area (Å²) in [5.41, 5.74) is 2.91. The lowest BCUT2D eigenvalue weighted by molar-refractivity contribution is 0.0496. The molecule has 1 N–H and O–H groups in total. The summed E-state index contributed by atoms with van der Waals surface area (Å²) in [6.45, 7) is 17.9. The van der Waals surface area contributed by atoms with Crippen molar-refractivity contribution >= 4 is 5.97 Å². The summed E-state index contributed by atoms with van der Waals surface area (Å²) in [6.07, 6.45) is 37.8. The van der Waals surface area contributed by atoms with Gasteiger partial charge in [0.05, 0.1) is 12.2 Å². The highest BCUT2D eigenvalue weighted by atomic mass is 16.5. The SMILES string of the molecule is CCCCCCCCCCCCCCCCOC(=O)c1cc(C(C)(C)C)c(O)c(C(C)(C)C)c1CCCCCCCCCCCCCCCC. The van der Waals surface area contributed by atoms with Crippen molar-refractivity contribution in [3.63, 3.8) is 0 Å². The van der Waals surface area contributed by atoms with Crippen molar-refractivity contribution in [2.45, 2.75) is 252 Å².